The molecule has 0 unspecified atom stereocenters. The van der Waals surface area contributed by atoms with Crippen LogP contribution < -0.4 is 20.5 Å². The summed E-state index contributed by atoms with van der Waals surface area (Å²) in [5.74, 6) is -1.22. The van der Waals surface area contributed by atoms with Gasteiger partial charge in [-0.3, -0.25) is 4.79 Å². The second kappa shape index (κ2) is 8.64. The molecule has 8 nitrogen and oxygen atoms in total. The van der Waals surface area contributed by atoms with Gasteiger partial charge in [-0.25, -0.2) is 4.79 Å². The Morgan fingerprint density at radius 3 is 2.19 bits per heavy atom. The minimum Gasteiger partial charge on any atom is -0.477 e. The molecule has 0 saturated carbocycles. The van der Waals surface area contributed by atoms with Gasteiger partial charge in [0.05, 0.1) is 18.7 Å². The predicted octanol–water partition coefficient (Wildman–Crippen LogP) is 1.94. The minimum absolute atomic E-state index is 0.232. The second-order valence-corrected chi connectivity index (χ2v) is 8.10. The summed E-state index contributed by atoms with van der Waals surface area (Å²) < 4.78 is 7.25. The predicted molar refractivity (Wildman–Crippen MR) is 125 cm³/mol. The van der Waals surface area contributed by atoms with E-state index in [-0.39, 0.29) is 5.56 Å². The van der Waals surface area contributed by atoms with Crippen molar-refractivity contribution in [1.82, 2.24) is 9.88 Å². The van der Waals surface area contributed by atoms with Crippen LogP contribution in [0.4, 0.5) is 11.4 Å². The van der Waals surface area contributed by atoms with Crippen LogP contribution in [0.1, 0.15) is 10.4 Å². The average Bonchev–Trinajstić information content (AvgIpc) is 2.85. The monoisotopic (exact) mass is 434 g/mol. The van der Waals surface area contributed by atoms with E-state index in [9.17, 15) is 14.7 Å². The number of piperazine rings is 1. The standard InChI is InChI=1S/C24H26N4O4/c29-23-20-6-5-19(26-9-7-25-8-10-26)15-22(20)28(16-21(23)24(30)31)18-3-1-17(2-4-18)27-11-13-32-14-12-27/h1-6,15-16,25H,7-14H2,(H,30,31). The van der Waals surface area contributed by atoms with Gasteiger partial charge in [0.2, 0.25) is 5.43 Å². The van der Waals surface area contributed by atoms with Gasteiger partial charge in [-0.05, 0) is 42.5 Å². The van der Waals surface area contributed by atoms with Gasteiger partial charge in [0.15, 0.2) is 0 Å². The number of fused-ring (bicyclic) bond motifs is 1. The Kier molecular flexibility index (Phi) is 5.55. The number of rotatable bonds is 4. The number of aromatic carboxylic acids is 1. The molecule has 0 aliphatic carbocycles. The normalized spacial score (nSPS) is 17.0. The molecule has 2 N–H and O–H groups in total. The average molecular weight is 434 g/mol. The van der Waals surface area contributed by atoms with Gasteiger partial charge in [0, 0.05) is 67.9 Å². The van der Waals surface area contributed by atoms with Crippen LogP contribution in [-0.4, -0.2) is 68.1 Å². The van der Waals surface area contributed by atoms with Crippen LogP contribution in [0, 0.1) is 0 Å². The number of carboxylic acid groups (broad SMARTS) is 1. The number of aromatic nitrogens is 1. The molecule has 2 saturated heterocycles. The fraction of sp³-hybridized carbons (Fsp3) is 0.333. The first-order chi connectivity index (χ1) is 15.6. The van der Waals surface area contributed by atoms with Crippen LogP contribution in [0.3, 0.4) is 0 Å². The minimum atomic E-state index is -1.22. The zero-order valence-corrected chi connectivity index (χ0v) is 17.8. The van der Waals surface area contributed by atoms with Gasteiger partial charge in [-0.1, -0.05) is 0 Å². The zero-order valence-electron chi connectivity index (χ0n) is 17.8. The number of hydrogen-bond acceptors (Lipinski definition) is 6. The number of hydrogen-bond donors (Lipinski definition) is 2. The van der Waals surface area contributed by atoms with Crippen LogP contribution in [0.15, 0.2) is 53.5 Å². The van der Waals surface area contributed by atoms with Gasteiger partial charge in [0.1, 0.15) is 5.56 Å². The molecule has 8 heteroatoms. The molecule has 0 bridgehead atoms. The number of benzene rings is 2. The lowest BCUT2D eigenvalue weighted by molar-refractivity contribution is 0.0695. The summed E-state index contributed by atoms with van der Waals surface area (Å²) in [7, 11) is 0. The first-order valence-corrected chi connectivity index (χ1v) is 10.9. The van der Waals surface area contributed by atoms with E-state index >= 15 is 0 Å². The van der Waals surface area contributed by atoms with E-state index in [0.29, 0.717) is 24.1 Å². The van der Waals surface area contributed by atoms with E-state index in [0.717, 1.165) is 56.3 Å². The third-order valence-corrected chi connectivity index (χ3v) is 6.20. The van der Waals surface area contributed by atoms with Crippen molar-refractivity contribution in [2.24, 2.45) is 0 Å². The fourth-order valence-corrected chi connectivity index (χ4v) is 4.45. The molecule has 5 rings (SSSR count). The maximum atomic E-state index is 12.9. The third kappa shape index (κ3) is 3.83. The smallest absolute Gasteiger partial charge is 0.341 e. The van der Waals surface area contributed by atoms with Crippen molar-refractivity contribution in [1.29, 1.82) is 0 Å². The molecule has 3 aromatic rings. The van der Waals surface area contributed by atoms with Crippen molar-refractivity contribution in [3.63, 3.8) is 0 Å². The molecular formula is C24H26N4O4. The van der Waals surface area contributed by atoms with E-state index in [1.807, 2.05) is 41.0 Å². The molecule has 0 spiro atoms. The first kappa shape index (κ1) is 20.5. The number of carboxylic acids is 1. The van der Waals surface area contributed by atoms with Crippen LogP contribution in [0.25, 0.3) is 16.6 Å². The Morgan fingerprint density at radius 2 is 1.50 bits per heavy atom. The highest BCUT2D eigenvalue weighted by Crippen LogP contribution is 2.26. The molecule has 0 amide bonds. The molecule has 2 fully saturated rings. The number of pyridine rings is 1. The molecular weight excluding hydrogens is 408 g/mol. The number of carbonyl (C=O) groups is 1. The maximum Gasteiger partial charge on any atom is 0.341 e. The molecule has 2 aromatic carbocycles. The van der Waals surface area contributed by atoms with Crippen molar-refractivity contribution in [3.8, 4) is 5.69 Å². The second-order valence-electron chi connectivity index (χ2n) is 8.10. The van der Waals surface area contributed by atoms with E-state index < -0.39 is 11.4 Å². The van der Waals surface area contributed by atoms with Crippen molar-refractivity contribution < 1.29 is 14.6 Å². The summed E-state index contributed by atoms with van der Waals surface area (Å²) in [6, 6.07) is 13.7. The summed E-state index contributed by atoms with van der Waals surface area (Å²) >= 11 is 0. The third-order valence-electron chi connectivity index (χ3n) is 6.20. The van der Waals surface area contributed by atoms with Crippen LogP contribution >= 0.6 is 0 Å². The Balaban J connectivity index is 1.61. The van der Waals surface area contributed by atoms with Crippen LogP contribution in [-0.2, 0) is 4.74 Å². The molecule has 3 heterocycles. The number of nitrogens with one attached hydrogen (secondary N) is 1. The summed E-state index contributed by atoms with van der Waals surface area (Å²) in [4.78, 5) is 29.2. The summed E-state index contributed by atoms with van der Waals surface area (Å²) in [6.07, 6.45) is 1.44. The zero-order chi connectivity index (χ0) is 22.1. The Labute approximate surface area is 185 Å². The highest BCUT2D eigenvalue weighted by Gasteiger charge is 2.18. The van der Waals surface area contributed by atoms with Crippen molar-refractivity contribution in [3.05, 3.63) is 64.4 Å². The molecule has 2 aliphatic heterocycles. The lowest BCUT2D eigenvalue weighted by Gasteiger charge is -2.30. The summed E-state index contributed by atoms with van der Waals surface area (Å²) in [5, 5.41) is 13.4. The Hall–Kier alpha value is -3.36. The Morgan fingerprint density at radius 1 is 0.875 bits per heavy atom. The van der Waals surface area contributed by atoms with Gasteiger partial charge < -0.3 is 29.5 Å². The summed E-state index contributed by atoms with van der Waals surface area (Å²) in [6.45, 7) is 6.70. The van der Waals surface area contributed by atoms with Gasteiger partial charge in [-0.2, -0.15) is 0 Å². The molecule has 32 heavy (non-hydrogen) atoms. The molecule has 166 valence electrons. The quantitative estimate of drug-likeness (QED) is 0.649. The molecule has 0 atom stereocenters. The summed E-state index contributed by atoms with van der Waals surface area (Å²) in [5.41, 5.74) is 2.95. The highest BCUT2D eigenvalue weighted by molar-refractivity contribution is 5.94. The van der Waals surface area contributed by atoms with E-state index in [2.05, 4.69) is 15.1 Å². The topological polar surface area (TPSA) is 87.0 Å². The molecule has 2 aliphatic rings. The van der Waals surface area contributed by atoms with Crippen molar-refractivity contribution in [2.45, 2.75) is 0 Å². The number of nitrogens with zero attached hydrogens (tertiary/aromatic N) is 3. The van der Waals surface area contributed by atoms with E-state index in [1.165, 1.54) is 6.20 Å². The Bertz CT molecular complexity index is 1190. The lowest BCUT2D eigenvalue weighted by Crippen LogP contribution is -2.43. The first-order valence-electron chi connectivity index (χ1n) is 10.9. The van der Waals surface area contributed by atoms with Crippen LogP contribution in [0.5, 0.6) is 0 Å². The number of anilines is 2. The maximum absolute atomic E-state index is 12.9. The van der Waals surface area contributed by atoms with Crippen molar-refractivity contribution >= 4 is 28.2 Å². The van der Waals surface area contributed by atoms with Gasteiger partial charge in [0.25, 0.3) is 0 Å². The number of morpholine rings is 1. The number of ether oxygens (including phenoxy) is 1. The van der Waals surface area contributed by atoms with E-state index in [1.54, 1.807) is 6.07 Å². The van der Waals surface area contributed by atoms with Gasteiger partial charge >= 0.3 is 5.97 Å². The van der Waals surface area contributed by atoms with Crippen molar-refractivity contribution in [2.75, 3.05) is 62.3 Å². The fourth-order valence-electron chi connectivity index (χ4n) is 4.45. The van der Waals surface area contributed by atoms with Gasteiger partial charge in [-0.15, -0.1) is 0 Å². The van der Waals surface area contributed by atoms with Crippen LogP contribution in [0.2, 0.25) is 0 Å². The molecule has 1 aromatic heterocycles. The lowest BCUT2D eigenvalue weighted by atomic mass is 10.1. The SMILES string of the molecule is O=C(O)c1cn(-c2ccc(N3CCOCC3)cc2)c2cc(N3CCNCC3)ccc2c1=O. The highest BCUT2D eigenvalue weighted by atomic mass is 16.5. The molecule has 0 radical (unpaired) electrons. The largest absolute Gasteiger partial charge is 0.477 e. The van der Waals surface area contributed by atoms with E-state index in [4.69, 9.17) is 4.74 Å².